The molecule has 0 radical (unpaired) electrons. The summed E-state index contributed by atoms with van der Waals surface area (Å²) in [5, 5.41) is 3.99. The number of methoxy groups -OCH3 is 2. The molecule has 31 heavy (non-hydrogen) atoms. The first-order valence-corrected chi connectivity index (χ1v) is 9.93. The van der Waals surface area contributed by atoms with Crippen molar-refractivity contribution >= 4 is 34.0 Å². The summed E-state index contributed by atoms with van der Waals surface area (Å²) in [4.78, 5) is 24.8. The van der Waals surface area contributed by atoms with E-state index in [0.717, 1.165) is 4.47 Å². The van der Waals surface area contributed by atoms with Crippen molar-refractivity contribution in [2.75, 3.05) is 14.2 Å². The van der Waals surface area contributed by atoms with Gasteiger partial charge in [-0.2, -0.15) is 5.10 Å². The second-order valence-electron chi connectivity index (χ2n) is 6.21. The van der Waals surface area contributed by atoms with E-state index in [2.05, 4.69) is 26.5 Å². The van der Waals surface area contributed by atoms with Crippen LogP contribution in [0.1, 0.15) is 26.3 Å². The molecule has 1 amide bonds. The number of ether oxygens (including phenoxy) is 3. The highest BCUT2D eigenvalue weighted by atomic mass is 79.9. The number of hydrogen-bond donors (Lipinski definition) is 1. The summed E-state index contributed by atoms with van der Waals surface area (Å²) in [7, 11) is 3.01. The Kier molecular flexibility index (Phi) is 7.40. The van der Waals surface area contributed by atoms with E-state index in [-0.39, 0.29) is 0 Å². The zero-order chi connectivity index (χ0) is 22.2. The van der Waals surface area contributed by atoms with Crippen molar-refractivity contribution in [3.63, 3.8) is 0 Å². The van der Waals surface area contributed by atoms with E-state index < -0.39 is 11.9 Å². The maximum Gasteiger partial charge on any atom is 0.343 e. The maximum atomic E-state index is 12.4. The molecule has 158 valence electrons. The predicted octanol–water partition coefficient (Wildman–Crippen LogP) is 4.45. The SMILES string of the molecule is COc1ccc(C(=O)N/N=C/c2cc(Br)ccc2OC(=O)c2ccccc2)cc1OC. The summed E-state index contributed by atoms with van der Waals surface area (Å²) >= 11 is 3.38. The number of esters is 1. The number of carbonyl (C=O) groups is 2. The smallest absolute Gasteiger partial charge is 0.343 e. The number of halogens is 1. The van der Waals surface area contributed by atoms with E-state index in [0.29, 0.717) is 33.9 Å². The second-order valence-corrected chi connectivity index (χ2v) is 7.12. The van der Waals surface area contributed by atoms with Gasteiger partial charge in [0.1, 0.15) is 5.75 Å². The van der Waals surface area contributed by atoms with Crippen LogP contribution in [0.3, 0.4) is 0 Å². The van der Waals surface area contributed by atoms with E-state index in [1.807, 2.05) is 6.07 Å². The van der Waals surface area contributed by atoms with Crippen molar-refractivity contribution < 1.29 is 23.8 Å². The lowest BCUT2D eigenvalue weighted by Crippen LogP contribution is -2.18. The van der Waals surface area contributed by atoms with Gasteiger partial charge in [0.05, 0.1) is 26.0 Å². The summed E-state index contributed by atoms with van der Waals surface area (Å²) in [6.07, 6.45) is 1.40. The molecule has 0 aliphatic heterocycles. The normalized spacial score (nSPS) is 10.5. The highest BCUT2D eigenvalue weighted by Crippen LogP contribution is 2.27. The maximum absolute atomic E-state index is 12.4. The molecule has 3 aromatic carbocycles. The van der Waals surface area contributed by atoms with Gasteiger partial charge in [0.2, 0.25) is 0 Å². The molecule has 0 bridgehead atoms. The van der Waals surface area contributed by atoms with Crippen LogP contribution in [0.25, 0.3) is 0 Å². The van der Waals surface area contributed by atoms with E-state index in [9.17, 15) is 9.59 Å². The molecule has 3 aromatic rings. The minimum atomic E-state index is -0.494. The molecule has 0 heterocycles. The summed E-state index contributed by atoms with van der Waals surface area (Å²) in [6, 6.07) is 18.5. The Morgan fingerprint density at radius 1 is 0.871 bits per heavy atom. The van der Waals surface area contributed by atoms with Crippen LogP contribution >= 0.6 is 15.9 Å². The molecule has 0 aromatic heterocycles. The molecule has 0 atom stereocenters. The van der Waals surface area contributed by atoms with Crippen LogP contribution in [0, 0.1) is 0 Å². The lowest BCUT2D eigenvalue weighted by Gasteiger charge is -2.09. The van der Waals surface area contributed by atoms with Crippen LogP contribution in [0.4, 0.5) is 0 Å². The van der Waals surface area contributed by atoms with E-state index in [1.54, 1.807) is 60.7 Å². The molecule has 0 saturated carbocycles. The average Bonchev–Trinajstić information content (AvgIpc) is 2.80. The van der Waals surface area contributed by atoms with Crippen LogP contribution in [-0.2, 0) is 0 Å². The van der Waals surface area contributed by atoms with Gasteiger partial charge in [-0.25, -0.2) is 10.2 Å². The number of nitrogens with one attached hydrogen (secondary N) is 1. The molecule has 0 spiro atoms. The number of rotatable bonds is 7. The molecule has 0 fully saturated rings. The Labute approximate surface area is 187 Å². The fraction of sp³-hybridized carbons (Fsp3) is 0.0870. The second kappa shape index (κ2) is 10.4. The van der Waals surface area contributed by atoms with Gasteiger partial charge in [0.15, 0.2) is 11.5 Å². The molecule has 1 N–H and O–H groups in total. The summed E-state index contributed by atoms with van der Waals surface area (Å²) in [5.74, 6) is 0.325. The Hall–Kier alpha value is -3.65. The van der Waals surface area contributed by atoms with Gasteiger partial charge >= 0.3 is 5.97 Å². The summed E-state index contributed by atoms with van der Waals surface area (Å²) in [5.41, 5.74) is 3.73. The Balaban J connectivity index is 1.74. The van der Waals surface area contributed by atoms with Gasteiger partial charge in [0.25, 0.3) is 5.91 Å². The van der Waals surface area contributed by atoms with Crippen LogP contribution in [0.15, 0.2) is 76.3 Å². The number of carbonyl (C=O) groups excluding carboxylic acids is 2. The predicted molar refractivity (Wildman–Crippen MR) is 120 cm³/mol. The Morgan fingerprint density at radius 3 is 2.29 bits per heavy atom. The minimum Gasteiger partial charge on any atom is -0.493 e. The van der Waals surface area contributed by atoms with Crippen molar-refractivity contribution in [3.05, 3.63) is 87.9 Å². The van der Waals surface area contributed by atoms with Gasteiger partial charge in [-0.15, -0.1) is 0 Å². The van der Waals surface area contributed by atoms with Crippen LogP contribution < -0.4 is 19.6 Å². The number of nitrogens with zero attached hydrogens (tertiary/aromatic N) is 1. The molecule has 0 aliphatic carbocycles. The van der Waals surface area contributed by atoms with Gasteiger partial charge in [-0.05, 0) is 48.5 Å². The third-order valence-corrected chi connectivity index (χ3v) is 4.69. The zero-order valence-corrected chi connectivity index (χ0v) is 18.4. The highest BCUT2D eigenvalue weighted by Gasteiger charge is 2.12. The third-order valence-electron chi connectivity index (χ3n) is 4.20. The lowest BCUT2D eigenvalue weighted by atomic mass is 10.2. The van der Waals surface area contributed by atoms with Crippen molar-refractivity contribution in [1.29, 1.82) is 0 Å². The average molecular weight is 483 g/mol. The molecule has 0 aliphatic rings. The Bertz CT molecular complexity index is 1120. The van der Waals surface area contributed by atoms with E-state index in [4.69, 9.17) is 14.2 Å². The van der Waals surface area contributed by atoms with Crippen molar-refractivity contribution in [2.45, 2.75) is 0 Å². The number of amides is 1. The van der Waals surface area contributed by atoms with Gasteiger partial charge < -0.3 is 14.2 Å². The number of benzene rings is 3. The standard InChI is InChI=1S/C23H19BrN2O5/c1-29-20-10-8-16(13-21(20)30-2)22(27)26-25-14-17-12-18(24)9-11-19(17)31-23(28)15-6-4-3-5-7-15/h3-14H,1-2H3,(H,26,27)/b25-14+. The lowest BCUT2D eigenvalue weighted by molar-refractivity contribution is 0.0734. The molecular weight excluding hydrogens is 464 g/mol. The van der Waals surface area contributed by atoms with Crippen molar-refractivity contribution in [1.82, 2.24) is 5.43 Å². The first-order valence-electron chi connectivity index (χ1n) is 9.14. The van der Waals surface area contributed by atoms with Gasteiger partial charge in [-0.1, -0.05) is 34.1 Å². The molecule has 0 unspecified atom stereocenters. The molecular formula is C23H19BrN2O5. The van der Waals surface area contributed by atoms with Gasteiger partial charge in [0, 0.05) is 15.6 Å². The molecule has 8 heteroatoms. The Morgan fingerprint density at radius 2 is 1.58 bits per heavy atom. The van der Waals surface area contributed by atoms with Gasteiger partial charge in [-0.3, -0.25) is 4.79 Å². The van der Waals surface area contributed by atoms with E-state index in [1.165, 1.54) is 20.4 Å². The van der Waals surface area contributed by atoms with Crippen LogP contribution in [0.5, 0.6) is 17.2 Å². The first-order chi connectivity index (χ1) is 15.0. The van der Waals surface area contributed by atoms with E-state index >= 15 is 0 Å². The van der Waals surface area contributed by atoms with Crippen LogP contribution in [0.2, 0.25) is 0 Å². The zero-order valence-electron chi connectivity index (χ0n) is 16.8. The van der Waals surface area contributed by atoms with Crippen LogP contribution in [-0.4, -0.2) is 32.3 Å². The van der Waals surface area contributed by atoms with Crippen molar-refractivity contribution in [2.24, 2.45) is 5.10 Å². The molecule has 0 saturated heterocycles. The summed E-state index contributed by atoms with van der Waals surface area (Å²) in [6.45, 7) is 0. The molecule has 7 nitrogen and oxygen atoms in total. The highest BCUT2D eigenvalue weighted by molar-refractivity contribution is 9.10. The fourth-order valence-corrected chi connectivity index (χ4v) is 3.03. The number of hydrazone groups is 1. The fourth-order valence-electron chi connectivity index (χ4n) is 2.65. The largest absolute Gasteiger partial charge is 0.493 e. The number of hydrogen-bond acceptors (Lipinski definition) is 6. The minimum absolute atomic E-state index is 0.307. The quantitative estimate of drug-likeness (QED) is 0.232. The third kappa shape index (κ3) is 5.70. The van der Waals surface area contributed by atoms with Crippen molar-refractivity contribution in [3.8, 4) is 17.2 Å². The topological polar surface area (TPSA) is 86.2 Å². The first kappa shape index (κ1) is 22.0. The monoisotopic (exact) mass is 482 g/mol. The summed E-state index contributed by atoms with van der Waals surface area (Å²) < 4.78 is 16.6. The molecule has 3 rings (SSSR count).